The Morgan fingerprint density at radius 2 is 2.04 bits per heavy atom. The van der Waals surface area contributed by atoms with Crippen LogP contribution in [-0.4, -0.2) is 37.1 Å². The monoisotopic (exact) mass is 347 g/mol. The van der Waals surface area contributed by atoms with Gasteiger partial charge in [-0.2, -0.15) is 0 Å². The molecule has 4 N–H and O–H groups in total. The number of alkyl carbamates (subject to hydrolysis) is 1. The lowest BCUT2D eigenvalue weighted by atomic mass is 10.1. The second-order valence-corrected chi connectivity index (χ2v) is 5.37. The summed E-state index contributed by atoms with van der Waals surface area (Å²) in [5, 5.41) is 5.89. The van der Waals surface area contributed by atoms with Gasteiger partial charge in [0.2, 0.25) is 5.91 Å². The number of nitrogens with two attached hydrogens (primary N) is 1. The summed E-state index contributed by atoms with van der Waals surface area (Å²) >= 11 is 0. The van der Waals surface area contributed by atoms with E-state index in [1.54, 1.807) is 25.1 Å². The summed E-state index contributed by atoms with van der Waals surface area (Å²) in [6.07, 6.45) is 0.213. The van der Waals surface area contributed by atoms with E-state index in [0.717, 1.165) is 5.39 Å². The van der Waals surface area contributed by atoms with Crippen molar-refractivity contribution >= 4 is 28.9 Å². The first-order valence-corrected chi connectivity index (χ1v) is 8.00. The molecule has 1 heterocycles. The van der Waals surface area contributed by atoms with Crippen molar-refractivity contribution in [1.29, 1.82) is 0 Å². The minimum Gasteiger partial charge on any atom is -0.451 e. The van der Waals surface area contributed by atoms with E-state index >= 15 is 0 Å². The van der Waals surface area contributed by atoms with Gasteiger partial charge >= 0.3 is 6.09 Å². The number of amides is 3. The van der Waals surface area contributed by atoms with Gasteiger partial charge in [0.05, 0.1) is 6.61 Å². The molecule has 1 atom stereocenters. The molecular weight excluding hydrogens is 326 g/mol. The largest absolute Gasteiger partial charge is 0.451 e. The van der Waals surface area contributed by atoms with Crippen LogP contribution in [0.2, 0.25) is 0 Å². The molecule has 0 bridgehead atoms. The highest BCUT2D eigenvalue weighted by Crippen LogP contribution is 2.18. The van der Waals surface area contributed by atoms with E-state index < -0.39 is 23.9 Å². The molecule has 1 aromatic carbocycles. The van der Waals surface area contributed by atoms with Crippen molar-refractivity contribution < 1.29 is 23.5 Å². The normalized spacial score (nSPS) is 11.7. The topological polar surface area (TPSA) is 124 Å². The number of hydrogen-bond acceptors (Lipinski definition) is 5. The fourth-order valence-electron chi connectivity index (χ4n) is 2.29. The summed E-state index contributed by atoms with van der Waals surface area (Å²) in [5.74, 6) is -1.06. The molecule has 2 aromatic rings. The maximum atomic E-state index is 12.3. The predicted molar refractivity (Wildman–Crippen MR) is 90.9 cm³/mol. The van der Waals surface area contributed by atoms with Gasteiger partial charge in [-0.05, 0) is 31.9 Å². The highest BCUT2D eigenvalue weighted by atomic mass is 16.5. The molecule has 0 aliphatic carbocycles. The third kappa shape index (κ3) is 5.23. The second kappa shape index (κ2) is 8.72. The van der Waals surface area contributed by atoms with Crippen LogP contribution in [0, 0.1) is 0 Å². The van der Waals surface area contributed by atoms with Crippen molar-refractivity contribution in [3.63, 3.8) is 0 Å². The summed E-state index contributed by atoms with van der Waals surface area (Å²) < 4.78 is 10.2. The molecule has 0 aliphatic rings. The van der Waals surface area contributed by atoms with E-state index in [0.29, 0.717) is 18.5 Å². The molecular formula is C17H21N3O5. The number of hydrogen-bond donors (Lipinski definition) is 3. The number of fused-ring (bicyclic) bond motifs is 1. The van der Waals surface area contributed by atoms with Crippen molar-refractivity contribution in [2.75, 3.05) is 13.2 Å². The fourth-order valence-corrected chi connectivity index (χ4v) is 2.29. The van der Waals surface area contributed by atoms with Gasteiger partial charge in [0.25, 0.3) is 5.91 Å². The molecule has 134 valence electrons. The number of primary amides is 1. The van der Waals surface area contributed by atoms with Crippen molar-refractivity contribution in [2.45, 2.75) is 25.8 Å². The van der Waals surface area contributed by atoms with Crippen LogP contribution in [0.1, 0.15) is 30.3 Å². The van der Waals surface area contributed by atoms with Gasteiger partial charge < -0.3 is 25.5 Å². The van der Waals surface area contributed by atoms with Gasteiger partial charge in [-0.15, -0.1) is 0 Å². The van der Waals surface area contributed by atoms with Gasteiger partial charge in [-0.25, -0.2) is 4.79 Å². The number of nitrogens with one attached hydrogen (secondary N) is 2. The maximum Gasteiger partial charge on any atom is 0.407 e. The van der Waals surface area contributed by atoms with Crippen LogP contribution in [0.15, 0.2) is 34.7 Å². The van der Waals surface area contributed by atoms with E-state index in [1.807, 2.05) is 12.1 Å². The summed E-state index contributed by atoms with van der Waals surface area (Å²) in [6.45, 7) is 2.29. The van der Waals surface area contributed by atoms with E-state index in [4.69, 9.17) is 14.9 Å². The zero-order valence-corrected chi connectivity index (χ0v) is 13.9. The van der Waals surface area contributed by atoms with E-state index in [9.17, 15) is 14.4 Å². The minimum atomic E-state index is -0.857. The number of carbonyl (C=O) groups is 3. The molecule has 3 amide bonds. The highest BCUT2D eigenvalue weighted by Gasteiger charge is 2.21. The summed E-state index contributed by atoms with van der Waals surface area (Å²) in [5.41, 5.74) is 5.92. The number of para-hydroxylation sites is 1. The quantitative estimate of drug-likeness (QED) is 0.625. The van der Waals surface area contributed by atoms with E-state index in [2.05, 4.69) is 10.6 Å². The molecule has 2 rings (SSSR count). The molecule has 0 fully saturated rings. The van der Waals surface area contributed by atoms with Crippen LogP contribution in [0.25, 0.3) is 11.0 Å². The molecule has 8 heteroatoms. The molecule has 25 heavy (non-hydrogen) atoms. The first kappa shape index (κ1) is 18.3. The van der Waals surface area contributed by atoms with Gasteiger partial charge in [0.1, 0.15) is 11.6 Å². The Kier molecular flexibility index (Phi) is 6.39. The molecule has 0 radical (unpaired) electrons. The Hall–Kier alpha value is -3.03. The van der Waals surface area contributed by atoms with Crippen molar-refractivity contribution in [3.05, 3.63) is 36.1 Å². The molecule has 0 saturated carbocycles. The molecule has 1 aromatic heterocycles. The highest BCUT2D eigenvalue weighted by molar-refractivity contribution is 5.98. The Morgan fingerprint density at radius 3 is 2.72 bits per heavy atom. The van der Waals surface area contributed by atoms with Crippen LogP contribution >= 0.6 is 0 Å². The zero-order chi connectivity index (χ0) is 18.2. The Balaban J connectivity index is 1.88. The van der Waals surface area contributed by atoms with E-state index in [-0.39, 0.29) is 18.8 Å². The standard InChI is InChI=1S/C17H21N3O5/c1-2-24-17(23)19-9-5-7-12(15(18)21)20-16(22)14-10-11-6-3-4-8-13(11)25-14/h3-4,6,8,10,12H,2,5,7,9H2,1H3,(H2,18,21)(H,19,23)(H,20,22)/t12-/m0/s1. The van der Waals surface area contributed by atoms with Crippen LogP contribution in [0.3, 0.4) is 0 Å². The third-order valence-electron chi connectivity index (χ3n) is 3.51. The Labute approximate surface area is 144 Å². The second-order valence-electron chi connectivity index (χ2n) is 5.37. The number of rotatable bonds is 8. The van der Waals surface area contributed by atoms with Gasteiger partial charge in [-0.1, -0.05) is 18.2 Å². The van der Waals surface area contributed by atoms with Crippen molar-refractivity contribution in [2.24, 2.45) is 5.73 Å². The average Bonchev–Trinajstić information content (AvgIpc) is 3.01. The Morgan fingerprint density at radius 1 is 1.28 bits per heavy atom. The molecule has 0 saturated heterocycles. The lowest BCUT2D eigenvalue weighted by molar-refractivity contribution is -0.120. The van der Waals surface area contributed by atoms with Crippen LogP contribution in [0.5, 0.6) is 0 Å². The lowest BCUT2D eigenvalue weighted by Crippen LogP contribution is -2.44. The molecule has 8 nitrogen and oxygen atoms in total. The van der Waals surface area contributed by atoms with E-state index in [1.165, 1.54) is 0 Å². The molecule has 0 aliphatic heterocycles. The van der Waals surface area contributed by atoms with Crippen LogP contribution in [-0.2, 0) is 9.53 Å². The first-order chi connectivity index (χ1) is 12.0. The minimum absolute atomic E-state index is 0.108. The number of furan rings is 1. The number of carbonyl (C=O) groups excluding carboxylic acids is 3. The first-order valence-electron chi connectivity index (χ1n) is 8.00. The summed E-state index contributed by atoms with van der Waals surface area (Å²) in [6, 6.07) is 7.95. The zero-order valence-electron chi connectivity index (χ0n) is 13.9. The molecule has 0 unspecified atom stereocenters. The van der Waals surface area contributed by atoms with Crippen LogP contribution < -0.4 is 16.4 Å². The van der Waals surface area contributed by atoms with Gasteiger partial charge in [-0.3, -0.25) is 9.59 Å². The van der Waals surface area contributed by atoms with Crippen LogP contribution in [0.4, 0.5) is 4.79 Å². The fraction of sp³-hybridized carbons (Fsp3) is 0.353. The maximum absolute atomic E-state index is 12.3. The number of ether oxygens (including phenoxy) is 1. The number of benzene rings is 1. The summed E-state index contributed by atoms with van der Waals surface area (Å²) in [7, 11) is 0. The van der Waals surface area contributed by atoms with Crippen molar-refractivity contribution in [1.82, 2.24) is 10.6 Å². The SMILES string of the molecule is CCOC(=O)NCCC[C@H](NC(=O)c1cc2ccccc2o1)C(N)=O. The van der Waals surface area contributed by atoms with Crippen molar-refractivity contribution in [3.8, 4) is 0 Å². The van der Waals surface area contributed by atoms with Gasteiger partial charge in [0, 0.05) is 11.9 Å². The summed E-state index contributed by atoms with van der Waals surface area (Å²) in [4.78, 5) is 34.9. The lowest BCUT2D eigenvalue weighted by Gasteiger charge is -2.14. The predicted octanol–water partition coefficient (Wildman–Crippen LogP) is 1.54. The van der Waals surface area contributed by atoms with Gasteiger partial charge in [0.15, 0.2) is 5.76 Å². The third-order valence-corrected chi connectivity index (χ3v) is 3.51. The Bertz CT molecular complexity index is 723. The smallest absolute Gasteiger partial charge is 0.407 e. The average molecular weight is 347 g/mol. The molecule has 0 spiro atoms.